The maximum Gasteiger partial charge on any atom is 0.410 e. The smallest absolute Gasteiger partial charge is 0.410 e. The van der Waals surface area contributed by atoms with Crippen LogP contribution in [0.3, 0.4) is 0 Å². The van der Waals surface area contributed by atoms with Crippen molar-refractivity contribution in [2.24, 2.45) is 0 Å². The summed E-state index contributed by atoms with van der Waals surface area (Å²) in [5.41, 5.74) is -0.507. The summed E-state index contributed by atoms with van der Waals surface area (Å²) >= 11 is 0. The lowest BCUT2D eigenvalue weighted by Crippen LogP contribution is -2.36. The summed E-state index contributed by atoms with van der Waals surface area (Å²) in [5, 5.41) is 0. The monoisotopic (exact) mass is 613 g/mol. The molecule has 0 saturated heterocycles. The molecule has 0 aromatic heterocycles. The Kier molecular flexibility index (Phi) is 29.1. The third-order valence-corrected chi connectivity index (χ3v) is 4.93. The summed E-state index contributed by atoms with van der Waals surface area (Å²) in [4.78, 5) is 13.3. The van der Waals surface area contributed by atoms with Gasteiger partial charge in [-0.25, -0.2) is 4.79 Å². The molecule has 0 unspecified atom stereocenters. The molecule has 0 aromatic carbocycles. The predicted octanol–water partition coefficient (Wildman–Crippen LogP) is 2.43. The molecule has 1 amide bonds. The molecule has 0 rings (SSSR count). The average molecular weight is 614 g/mol. The van der Waals surface area contributed by atoms with Crippen molar-refractivity contribution in [3.63, 3.8) is 0 Å². The van der Waals surface area contributed by atoms with E-state index in [9.17, 15) is 4.79 Å². The highest BCUT2D eigenvalue weighted by molar-refractivity contribution is 5.67. The number of carbonyl (C=O) groups is 1. The van der Waals surface area contributed by atoms with Crippen LogP contribution >= 0.6 is 0 Å². The second kappa shape index (κ2) is 29.9. The second-order valence-electron chi connectivity index (χ2n) is 10.3. The van der Waals surface area contributed by atoms with Gasteiger partial charge in [-0.3, -0.25) is 0 Å². The van der Waals surface area contributed by atoms with Gasteiger partial charge in [0, 0.05) is 13.6 Å². The van der Waals surface area contributed by atoms with E-state index in [1.165, 1.54) is 4.90 Å². The van der Waals surface area contributed by atoms with E-state index in [0.717, 1.165) is 0 Å². The Morgan fingerprint density at radius 3 is 1.02 bits per heavy atom. The summed E-state index contributed by atoms with van der Waals surface area (Å²) in [6.45, 7) is 19.6. The van der Waals surface area contributed by atoms with E-state index >= 15 is 0 Å². The van der Waals surface area contributed by atoms with E-state index < -0.39 is 5.60 Å². The number of rotatable bonds is 31. The average Bonchev–Trinajstić information content (AvgIpc) is 2.92. The van der Waals surface area contributed by atoms with E-state index in [2.05, 4.69) is 0 Å². The number of nitrogens with zero attached hydrogens (tertiary/aromatic N) is 1. The van der Waals surface area contributed by atoms with Gasteiger partial charge < -0.3 is 57.0 Å². The molecular formula is C29H59NO12. The number of likely N-dealkylation sites (N-methyl/N-ethyl adjacent to an activating group) is 1. The molecule has 0 bridgehead atoms. The molecule has 0 heterocycles. The first kappa shape index (κ1) is 40.9. The third-order valence-electron chi connectivity index (χ3n) is 4.93. The highest BCUT2D eigenvalue weighted by Crippen LogP contribution is 2.08. The summed E-state index contributed by atoms with van der Waals surface area (Å²) in [6, 6.07) is 0. The van der Waals surface area contributed by atoms with E-state index in [4.69, 9.17) is 52.1 Å². The molecule has 0 aliphatic heterocycles. The number of hydrogen-bond donors (Lipinski definition) is 0. The van der Waals surface area contributed by atoms with Crippen LogP contribution in [0.2, 0.25) is 0 Å². The quantitative estimate of drug-likeness (QED) is 0.107. The van der Waals surface area contributed by atoms with Gasteiger partial charge in [-0.1, -0.05) is 0 Å². The third kappa shape index (κ3) is 33.4. The highest BCUT2D eigenvalue weighted by atomic mass is 16.6. The molecule has 0 fully saturated rings. The fourth-order valence-corrected chi connectivity index (χ4v) is 2.84. The Bertz CT molecular complexity index is 577. The molecule has 0 aliphatic carbocycles. The van der Waals surface area contributed by atoms with Gasteiger partial charge in [0.1, 0.15) is 5.60 Å². The largest absolute Gasteiger partial charge is 0.444 e. The molecule has 0 saturated carbocycles. The Labute approximate surface area is 253 Å². The molecule has 252 valence electrons. The number of hydrogen-bond acceptors (Lipinski definition) is 12. The molecule has 0 radical (unpaired) electrons. The molecule has 0 aromatic rings. The van der Waals surface area contributed by atoms with Crippen molar-refractivity contribution in [1.29, 1.82) is 0 Å². The van der Waals surface area contributed by atoms with Gasteiger partial charge in [0.15, 0.2) is 0 Å². The van der Waals surface area contributed by atoms with Crippen molar-refractivity contribution >= 4 is 6.09 Å². The van der Waals surface area contributed by atoms with E-state index in [0.29, 0.717) is 132 Å². The van der Waals surface area contributed by atoms with Crippen molar-refractivity contribution in [1.82, 2.24) is 4.90 Å². The number of amides is 1. The van der Waals surface area contributed by atoms with Crippen LogP contribution in [-0.2, 0) is 52.1 Å². The topological polar surface area (TPSA) is 122 Å². The summed E-state index contributed by atoms with van der Waals surface area (Å²) in [7, 11) is 1.68. The van der Waals surface area contributed by atoms with Crippen molar-refractivity contribution in [2.45, 2.75) is 46.3 Å². The van der Waals surface area contributed by atoms with Crippen molar-refractivity contribution in [2.75, 3.05) is 139 Å². The standard InChI is InChI=1S/C29H59NO12/c1-27(2)41-26-25-40-24-23-39-22-21-38-20-19-37-18-17-36-16-15-35-14-13-34-12-11-33-10-9-32-8-7-30(6)28(31)42-29(3,4)5/h27H,7-26H2,1-6H3. The first-order chi connectivity index (χ1) is 20.2. The van der Waals surface area contributed by atoms with Crippen LogP contribution in [0.5, 0.6) is 0 Å². The fraction of sp³-hybridized carbons (Fsp3) is 0.966. The molecular weight excluding hydrogens is 554 g/mol. The maximum atomic E-state index is 11.8. The normalized spacial score (nSPS) is 11.9. The lowest BCUT2D eigenvalue weighted by Gasteiger charge is -2.24. The zero-order valence-corrected chi connectivity index (χ0v) is 27.1. The van der Waals surface area contributed by atoms with Gasteiger partial charge in [0.25, 0.3) is 0 Å². The molecule has 42 heavy (non-hydrogen) atoms. The minimum Gasteiger partial charge on any atom is -0.444 e. The van der Waals surface area contributed by atoms with Crippen molar-refractivity contribution in [3.8, 4) is 0 Å². The van der Waals surface area contributed by atoms with Crippen LogP contribution in [0.4, 0.5) is 4.79 Å². The van der Waals surface area contributed by atoms with Gasteiger partial charge in [-0.2, -0.15) is 0 Å². The molecule has 13 heteroatoms. The van der Waals surface area contributed by atoms with Crippen molar-refractivity contribution in [3.05, 3.63) is 0 Å². The van der Waals surface area contributed by atoms with Crippen molar-refractivity contribution < 1.29 is 56.9 Å². The van der Waals surface area contributed by atoms with Crippen LogP contribution in [-0.4, -0.2) is 162 Å². The Morgan fingerprint density at radius 1 is 0.500 bits per heavy atom. The lowest BCUT2D eigenvalue weighted by atomic mass is 10.2. The molecule has 0 N–H and O–H groups in total. The number of ether oxygens (including phenoxy) is 11. The van der Waals surface area contributed by atoms with Crippen LogP contribution in [0.15, 0.2) is 0 Å². The van der Waals surface area contributed by atoms with Gasteiger partial charge in [0.05, 0.1) is 132 Å². The van der Waals surface area contributed by atoms with E-state index in [1.54, 1.807) is 7.05 Å². The first-order valence-corrected chi connectivity index (χ1v) is 15.0. The van der Waals surface area contributed by atoms with Crippen LogP contribution in [0.1, 0.15) is 34.6 Å². The van der Waals surface area contributed by atoms with Gasteiger partial charge in [0.2, 0.25) is 0 Å². The lowest BCUT2D eigenvalue weighted by molar-refractivity contribution is -0.0280. The van der Waals surface area contributed by atoms with Gasteiger partial charge in [-0.15, -0.1) is 0 Å². The summed E-state index contributed by atoms with van der Waals surface area (Å²) < 4.78 is 59.7. The maximum absolute atomic E-state index is 11.8. The second-order valence-corrected chi connectivity index (χ2v) is 10.3. The fourth-order valence-electron chi connectivity index (χ4n) is 2.84. The molecule has 0 aliphatic rings. The van der Waals surface area contributed by atoms with Gasteiger partial charge in [-0.05, 0) is 34.6 Å². The first-order valence-electron chi connectivity index (χ1n) is 15.0. The minimum absolute atomic E-state index is 0.229. The summed E-state index contributed by atoms with van der Waals surface area (Å²) in [6.07, 6.45) is -0.133. The minimum atomic E-state index is -0.507. The van der Waals surface area contributed by atoms with Gasteiger partial charge >= 0.3 is 6.09 Å². The summed E-state index contributed by atoms with van der Waals surface area (Å²) in [5.74, 6) is 0. The zero-order chi connectivity index (χ0) is 31.2. The van der Waals surface area contributed by atoms with Crippen LogP contribution < -0.4 is 0 Å². The molecule has 0 atom stereocenters. The van der Waals surface area contributed by atoms with Crippen LogP contribution in [0, 0.1) is 0 Å². The van der Waals surface area contributed by atoms with Crippen LogP contribution in [0.25, 0.3) is 0 Å². The molecule has 13 nitrogen and oxygen atoms in total. The SMILES string of the molecule is CC(C)OCCOCCOCCOCCOCCOCCOCCOCCOCCOCCN(C)C(=O)OC(C)(C)C. The van der Waals surface area contributed by atoms with E-state index in [1.807, 2.05) is 34.6 Å². The van der Waals surface area contributed by atoms with E-state index in [-0.39, 0.29) is 12.2 Å². The Morgan fingerprint density at radius 2 is 0.762 bits per heavy atom. The highest BCUT2D eigenvalue weighted by Gasteiger charge is 2.19. The molecule has 0 spiro atoms. The predicted molar refractivity (Wildman–Crippen MR) is 157 cm³/mol. The number of carbonyl (C=O) groups excluding carboxylic acids is 1. The zero-order valence-electron chi connectivity index (χ0n) is 27.1. The Balaban J connectivity index is 3.15. The Hall–Kier alpha value is -1.13.